The van der Waals surface area contributed by atoms with Crippen molar-refractivity contribution < 1.29 is 14.3 Å². The second-order valence-corrected chi connectivity index (χ2v) is 5.20. The lowest BCUT2D eigenvalue weighted by atomic mass is 10.1. The first kappa shape index (κ1) is 14.9. The molecule has 0 amide bonds. The van der Waals surface area contributed by atoms with Gasteiger partial charge >= 0.3 is 0 Å². The van der Waals surface area contributed by atoms with Crippen LogP contribution >= 0.6 is 0 Å². The van der Waals surface area contributed by atoms with Gasteiger partial charge in [-0.05, 0) is 37.4 Å². The van der Waals surface area contributed by atoms with Gasteiger partial charge in [-0.1, -0.05) is 19.1 Å². The Hall–Kier alpha value is -1.52. The van der Waals surface area contributed by atoms with Crippen LogP contribution in [0.2, 0.25) is 0 Å². The molecule has 20 heavy (non-hydrogen) atoms. The van der Waals surface area contributed by atoms with Crippen molar-refractivity contribution >= 4 is 11.0 Å². The van der Waals surface area contributed by atoms with Gasteiger partial charge in [0, 0.05) is 12.0 Å². The lowest BCUT2D eigenvalue weighted by Gasteiger charge is -2.07. The van der Waals surface area contributed by atoms with Crippen LogP contribution in [0.15, 0.2) is 28.7 Å². The Morgan fingerprint density at radius 1 is 1.40 bits per heavy atom. The van der Waals surface area contributed by atoms with Crippen LogP contribution in [-0.4, -0.2) is 25.4 Å². The highest BCUT2D eigenvalue weighted by Crippen LogP contribution is 2.28. The Labute approximate surface area is 119 Å². The van der Waals surface area contributed by atoms with Crippen molar-refractivity contribution in [1.29, 1.82) is 0 Å². The van der Waals surface area contributed by atoms with Gasteiger partial charge in [0.05, 0.1) is 13.7 Å². The Balaban J connectivity index is 1.85. The summed E-state index contributed by atoms with van der Waals surface area (Å²) in [7, 11) is 1.65. The summed E-state index contributed by atoms with van der Waals surface area (Å²) in [4.78, 5) is 0. The first-order valence-corrected chi connectivity index (χ1v) is 7.11. The minimum absolute atomic E-state index is 0.267. The van der Waals surface area contributed by atoms with Crippen molar-refractivity contribution in [2.24, 2.45) is 5.92 Å². The quantitative estimate of drug-likeness (QED) is 0.728. The van der Waals surface area contributed by atoms with Crippen LogP contribution in [0, 0.1) is 5.92 Å². The molecule has 0 saturated heterocycles. The zero-order chi connectivity index (χ0) is 14.4. The summed E-state index contributed by atoms with van der Waals surface area (Å²) >= 11 is 0. The normalized spacial score (nSPS) is 12.8. The van der Waals surface area contributed by atoms with E-state index in [0.717, 1.165) is 41.9 Å². The number of furan rings is 1. The molecule has 1 atom stereocenters. The molecule has 1 aromatic heterocycles. The first-order valence-electron chi connectivity index (χ1n) is 7.11. The van der Waals surface area contributed by atoms with Gasteiger partial charge in [0.1, 0.15) is 5.76 Å². The molecule has 2 rings (SSSR count). The fourth-order valence-corrected chi connectivity index (χ4v) is 2.22. The van der Waals surface area contributed by atoms with Gasteiger partial charge in [-0.2, -0.15) is 0 Å². The molecule has 110 valence electrons. The maximum atomic E-state index is 8.95. The lowest BCUT2D eigenvalue weighted by Crippen LogP contribution is -2.15. The molecule has 4 nitrogen and oxygen atoms in total. The highest BCUT2D eigenvalue weighted by molar-refractivity contribution is 5.83. The molecule has 0 fully saturated rings. The third-order valence-corrected chi connectivity index (χ3v) is 3.44. The number of nitrogens with one attached hydrogen (secondary N) is 1. The molecule has 1 unspecified atom stereocenters. The van der Waals surface area contributed by atoms with Gasteiger partial charge in [-0.25, -0.2) is 0 Å². The largest absolute Gasteiger partial charge is 0.493 e. The topological polar surface area (TPSA) is 54.6 Å². The average molecular weight is 277 g/mol. The summed E-state index contributed by atoms with van der Waals surface area (Å²) < 4.78 is 11.1. The fraction of sp³-hybridized carbons (Fsp3) is 0.500. The summed E-state index contributed by atoms with van der Waals surface area (Å²) in [6.07, 6.45) is 2.10. The third kappa shape index (κ3) is 3.74. The first-order chi connectivity index (χ1) is 9.74. The smallest absolute Gasteiger partial charge is 0.176 e. The van der Waals surface area contributed by atoms with Crippen molar-refractivity contribution in [2.75, 3.05) is 20.3 Å². The van der Waals surface area contributed by atoms with Crippen LogP contribution in [-0.2, 0) is 6.54 Å². The number of fused-ring (bicyclic) bond motifs is 1. The monoisotopic (exact) mass is 277 g/mol. The SMILES string of the molecule is COc1cccc2cc(CNCCCC(C)CO)oc12. The molecule has 1 heterocycles. The molecule has 0 aliphatic rings. The van der Waals surface area contributed by atoms with E-state index in [1.54, 1.807) is 7.11 Å². The number of aliphatic hydroxyl groups excluding tert-OH is 1. The number of rotatable bonds is 8. The number of hydrogen-bond acceptors (Lipinski definition) is 4. The lowest BCUT2D eigenvalue weighted by molar-refractivity contribution is 0.228. The van der Waals surface area contributed by atoms with Crippen molar-refractivity contribution in [3.05, 3.63) is 30.0 Å². The predicted octanol–water partition coefficient (Wildman–Crippen LogP) is 2.94. The van der Waals surface area contributed by atoms with Gasteiger partial charge in [-0.15, -0.1) is 0 Å². The molecular weight excluding hydrogens is 254 g/mol. The summed E-state index contributed by atoms with van der Waals surface area (Å²) in [5, 5.41) is 13.4. The number of ether oxygens (including phenoxy) is 1. The molecule has 0 aliphatic heterocycles. The Morgan fingerprint density at radius 2 is 2.25 bits per heavy atom. The fourth-order valence-electron chi connectivity index (χ4n) is 2.22. The van der Waals surface area contributed by atoms with Crippen molar-refractivity contribution in [3.63, 3.8) is 0 Å². The van der Waals surface area contributed by atoms with Gasteiger partial charge in [0.25, 0.3) is 0 Å². The predicted molar refractivity (Wildman–Crippen MR) is 80.0 cm³/mol. The van der Waals surface area contributed by atoms with E-state index in [0.29, 0.717) is 12.5 Å². The molecular formula is C16H23NO3. The van der Waals surface area contributed by atoms with E-state index >= 15 is 0 Å². The van der Waals surface area contributed by atoms with Crippen LogP contribution in [0.3, 0.4) is 0 Å². The van der Waals surface area contributed by atoms with Gasteiger partial charge in [0.15, 0.2) is 11.3 Å². The van der Waals surface area contributed by atoms with Crippen molar-refractivity contribution in [3.8, 4) is 5.75 Å². The van der Waals surface area contributed by atoms with E-state index in [2.05, 4.69) is 12.2 Å². The number of hydrogen-bond donors (Lipinski definition) is 2. The van der Waals surface area contributed by atoms with Crippen LogP contribution in [0.5, 0.6) is 5.75 Å². The second kappa shape index (κ2) is 7.31. The molecule has 2 aromatic rings. The Morgan fingerprint density at radius 3 is 3.00 bits per heavy atom. The molecule has 0 saturated carbocycles. The van der Waals surface area contributed by atoms with Gasteiger partial charge in [0.2, 0.25) is 0 Å². The van der Waals surface area contributed by atoms with E-state index in [1.807, 2.05) is 24.3 Å². The molecule has 1 aromatic carbocycles. The molecule has 0 bridgehead atoms. The standard InChI is InChI=1S/C16H23NO3/c1-12(11-18)5-4-8-17-10-14-9-13-6-3-7-15(19-2)16(13)20-14/h3,6-7,9,12,17-18H,4-5,8,10-11H2,1-2H3. The van der Waals surface area contributed by atoms with Crippen molar-refractivity contribution in [1.82, 2.24) is 5.32 Å². The van der Waals surface area contributed by atoms with Crippen LogP contribution in [0.25, 0.3) is 11.0 Å². The van der Waals surface area contributed by atoms with Gasteiger partial charge in [-0.3, -0.25) is 0 Å². The molecule has 0 radical (unpaired) electrons. The van der Waals surface area contributed by atoms with Gasteiger partial charge < -0.3 is 19.6 Å². The summed E-state index contributed by atoms with van der Waals surface area (Å²) in [5.41, 5.74) is 0.806. The Kier molecular flexibility index (Phi) is 5.44. The zero-order valence-electron chi connectivity index (χ0n) is 12.2. The minimum atomic E-state index is 0.267. The van der Waals surface area contributed by atoms with E-state index in [1.165, 1.54) is 0 Å². The maximum Gasteiger partial charge on any atom is 0.176 e. The number of aliphatic hydroxyl groups is 1. The van der Waals surface area contributed by atoms with E-state index < -0.39 is 0 Å². The highest BCUT2D eigenvalue weighted by atomic mass is 16.5. The van der Waals surface area contributed by atoms with Crippen LogP contribution in [0.1, 0.15) is 25.5 Å². The Bertz CT molecular complexity index is 536. The van der Waals surface area contributed by atoms with E-state index in [4.69, 9.17) is 14.3 Å². The molecule has 4 heteroatoms. The number of benzene rings is 1. The summed E-state index contributed by atoms with van der Waals surface area (Å²) in [5.74, 6) is 2.07. The molecule has 0 spiro atoms. The van der Waals surface area contributed by atoms with E-state index in [9.17, 15) is 0 Å². The summed E-state index contributed by atoms with van der Waals surface area (Å²) in [6.45, 7) is 3.97. The molecule has 2 N–H and O–H groups in total. The number of para-hydroxylation sites is 1. The highest BCUT2D eigenvalue weighted by Gasteiger charge is 2.08. The number of methoxy groups -OCH3 is 1. The van der Waals surface area contributed by atoms with E-state index in [-0.39, 0.29) is 6.61 Å². The maximum absolute atomic E-state index is 8.95. The minimum Gasteiger partial charge on any atom is -0.493 e. The average Bonchev–Trinajstić information content (AvgIpc) is 2.89. The van der Waals surface area contributed by atoms with Crippen molar-refractivity contribution in [2.45, 2.75) is 26.3 Å². The second-order valence-electron chi connectivity index (χ2n) is 5.20. The molecule has 0 aliphatic carbocycles. The third-order valence-electron chi connectivity index (χ3n) is 3.44. The van der Waals surface area contributed by atoms with Crippen LogP contribution < -0.4 is 10.1 Å². The summed E-state index contributed by atoms with van der Waals surface area (Å²) in [6, 6.07) is 7.93. The van der Waals surface area contributed by atoms with Crippen LogP contribution in [0.4, 0.5) is 0 Å². The zero-order valence-corrected chi connectivity index (χ0v) is 12.2.